The molecule has 6 nitrogen and oxygen atoms in total. The van der Waals surface area contributed by atoms with Gasteiger partial charge in [0, 0.05) is 12.6 Å². The van der Waals surface area contributed by atoms with Crippen molar-refractivity contribution in [1.82, 2.24) is 10.2 Å². The third kappa shape index (κ3) is 4.24. The Morgan fingerprint density at radius 1 is 1.25 bits per heavy atom. The Bertz CT molecular complexity index is 448. The highest BCUT2D eigenvalue weighted by molar-refractivity contribution is 5.83. The van der Waals surface area contributed by atoms with Gasteiger partial charge < -0.3 is 20.4 Å². The number of nitrogens with zero attached hydrogens (tertiary/aromatic N) is 1. The fourth-order valence-electron chi connectivity index (χ4n) is 1.84. The Hall–Kier alpha value is -2.08. The number of carboxylic acids is 1. The Morgan fingerprint density at radius 3 is 2.30 bits per heavy atom. The van der Waals surface area contributed by atoms with Crippen molar-refractivity contribution in [3.05, 3.63) is 35.9 Å². The normalized spacial score (nSPS) is 12.0. The second-order valence-electron chi connectivity index (χ2n) is 4.64. The SMILES string of the molecule is CC(C)N(CCO)C(=O)N[C@@H](C(=O)O)c1ccccc1. The first-order valence-electron chi connectivity index (χ1n) is 6.43. The zero-order valence-corrected chi connectivity index (χ0v) is 11.6. The fourth-order valence-corrected chi connectivity index (χ4v) is 1.84. The standard InChI is InChI=1S/C14H20N2O4/c1-10(2)16(8-9-17)14(20)15-12(13(18)19)11-6-4-3-5-7-11/h3-7,10,12,17H,8-9H2,1-2H3,(H,15,20)(H,18,19)/t12-/m1/s1. The van der Waals surface area contributed by atoms with Crippen LogP contribution in [0.3, 0.4) is 0 Å². The molecule has 3 N–H and O–H groups in total. The van der Waals surface area contributed by atoms with E-state index in [0.29, 0.717) is 5.56 Å². The second-order valence-corrected chi connectivity index (χ2v) is 4.64. The van der Waals surface area contributed by atoms with Crippen LogP contribution in [0.5, 0.6) is 0 Å². The van der Waals surface area contributed by atoms with Crippen LogP contribution in [-0.4, -0.2) is 46.3 Å². The van der Waals surface area contributed by atoms with Crippen molar-refractivity contribution >= 4 is 12.0 Å². The number of carboxylic acid groups (broad SMARTS) is 1. The van der Waals surface area contributed by atoms with E-state index in [1.807, 2.05) is 0 Å². The summed E-state index contributed by atoms with van der Waals surface area (Å²) in [6.45, 7) is 3.58. The predicted octanol–water partition coefficient (Wildman–Crippen LogP) is 1.22. The molecule has 1 rings (SSSR count). The van der Waals surface area contributed by atoms with E-state index in [-0.39, 0.29) is 19.2 Å². The summed E-state index contributed by atoms with van der Waals surface area (Å²) in [7, 11) is 0. The molecule has 0 radical (unpaired) electrons. The van der Waals surface area contributed by atoms with Crippen molar-refractivity contribution < 1.29 is 19.8 Å². The number of aliphatic carboxylic acids is 1. The summed E-state index contributed by atoms with van der Waals surface area (Å²) >= 11 is 0. The number of hydrogen-bond acceptors (Lipinski definition) is 3. The van der Waals surface area contributed by atoms with E-state index in [1.54, 1.807) is 44.2 Å². The number of benzene rings is 1. The molecule has 0 saturated heterocycles. The molecule has 0 spiro atoms. The number of aliphatic hydroxyl groups excluding tert-OH is 1. The van der Waals surface area contributed by atoms with Gasteiger partial charge >= 0.3 is 12.0 Å². The zero-order chi connectivity index (χ0) is 15.1. The molecule has 6 heteroatoms. The summed E-state index contributed by atoms with van der Waals surface area (Å²) in [5, 5.41) is 20.7. The zero-order valence-electron chi connectivity index (χ0n) is 11.6. The molecule has 1 aromatic rings. The van der Waals surface area contributed by atoms with Gasteiger partial charge in [-0.05, 0) is 19.4 Å². The number of amides is 2. The van der Waals surface area contributed by atoms with Gasteiger partial charge in [0.05, 0.1) is 6.61 Å². The van der Waals surface area contributed by atoms with Crippen molar-refractivity contribution in [2.75, 3.05) is 13.2 Å². The summed E-state index contributed by atoms with van der Waals surface area (Å²) in [5.74, 6) is -1.13. The lowest BCUT2D eigenvalue weighted by molar-refractivity contribution is -0.139. The quantitative estimate of drug-likeness (QED) is 0.731. The first kappa shape index (κ1) is 16.0. The number of rotatable bonds is 6. The Labute approximate surface area is 118 Å². The summed E-state index contributed by atoms with van der Waals surface area (Å²) < 4.78 is 0. The molecule has 0 fully saturated rings. The van der Waals surface area contributed by atoms with Gasteiger partial charge in [-0.1, -0.05) is 30.3 Å². The molecule has 0 bridgehead atoms. The Kier molecular flexibility index (Phi) is 5.99. The molecule has 110 valence electrons. The monoisotopic (exact) mass is 280 g/mol. The number of aliphatic hydroxyl groups is 1. The van der Waals surface area contributed by atoms with E-state index in [4.69, 9.17) is 5.11 Å². The smallest absolute Gasteiger partial charge is 0.330 e. The lowest BCUT2D eigenvalue weighted by Gasteiger charge is -2.28. The molecule has 0 aliphatic carbocycles. The second kappa shape index (κ2) is 7.49. The molecule has 0 unspecified atom stereocenters. The van der Waals surface area contributed by atoms with E-state index in [1.165, 1.54) is 4.90 Å². The first-order valence-corrected chi connectivity index (χ1v) is 6.43. The minimum absolute atomic E-state index is 0.132. The van der Waals surface area contributed by atoms with Crippen LogP contribution in [0, 0.1) is 0 Å². The molecule has 1 atom stereocenters. The molecule has 2 amide bonds. The van der Waals surface area contributed by atoms with Crippen LogP contribution in [0.4, 0.5) is 4.79 Å². The van der Waals surface area contributed by atoms with Gasteiger partial charge in [0.25, 0.3) is 0 Å². The van der Waals surface area contributed by atoms with Crippen molar-refractivity contribution in [2.45, 2.75) is 25.9 Å². The van der Waals surface area contributed by atoms with Gasteiger partial charge in [0.2, 0.25) is 0 Å². The van der Waals surface area contributed by atoms with Gasteiger partial charge in [0.1, 0.15) is 0 Å². The predicted molar refractivity (Wildman–Crippen MR) is 74.3 cm³/mol. The average Bonchev–Trinajstić information content (AvgIpc) is 2.42. The van der Waals surface area contributed by atoms with Crippen molar-refractivity contribution in [1.29, 1.82) is 0 Å². The van der Waals surface area contributed by atoms with E-state index >= 15 is 0 Å². The van der Waals surface area contributed by atoms with Crippen molar-refractivity contribution in [2.24, 2.45) is 0 Å². The minimum atomic E-state index is -1.13. The minimum Gasteiger partial charge on any atom is -0.479 e. The molecule has 1 aromatic carbocycles. The molecular formula is C14H20N2O4. The maximum atomic E-state index is 12.1. The van der Waals surface area contributed by atoms with Crippen molar-refractivity contribution in [3.8, 4) is 0 Å². The maximum absolute atomic E-state index is 12.1. The largest absolute Gasteiger partial charge is 0.479 e. The lowest BCUT2D eigenvalue weighted by atomic mass is 10.1. The molecule has 20 heavy (non-hydrogen) atoms. The lowest BCUT2D eigenvalue weighted by Crippen LogP contribution is -2.47. The van der Waals surface area contributed by atoms with Gasteiger partial charge in [0.15, 0.2) is 6.04 Å². The van der Waals surface area contributed by atoms with Crippen LogP contribution < -0.4 is 5.32 Å². The number of hydrogen-bond donors (Lipinski definition) is 3. The third-order valence-corrected chi connectivity index (χ3v) is 2.87. The van der Waals surface area contributed by atoms with Crippen LogP contribution in [0.2, 0.25) is 0 Å². The van der Waals surface area contributed by atoms with Gasteiger partial charge in [-0.15, -0.1) is 0 Å². The van der Waals surface area contributed by atoms with Gasteiger partial charge in [-0.2, -0.15) is 0 Å². The molecule has 0 aliphatic rings. The van der Waals surface area contributed by atoms with E-state index in [9.17, 15) is 14.7 Å². The number of carbonyl (C=O) groups is 2. The first-order chi connectivity index (χ1) is 9.47. The molecule has 0 aromatic heterocycles. The number of carbonyl (C=O) groups excluding carboxylic acids is 1. The van der Waals surface area contributed by atoms with E-state index in [0.717, 1.165) is 0 Å². The number of nitrogens with one attached hydrogen (secondary N) is 1. The van der Waals surface area contributed by atoms with Crippen LogP contribution in [0.15, 0.2) is 30.3 Å². The topological polar surface area (TPSA) is 89.9 Å². The van der Waals surface area contributed by atoms with Crippen LogP contribution in [-0.2, 0) is 4.79 Å². The molecule has 0 aliphatic heterocycles. The highest BCUT2D eigenvalue weighted by atomic mass is 16.4. The highest BCUT2D eigenvalue weighted by Crippen LogP contribution is 2.13. The van der Waals surface area contributed by atoms with Crippen LogP contribution in [0.1, 0.15) is 25.5 Å². The summed E-state index contributed by atoms with van der Waals surface area (Å²) in [4.78, 5) is 24.8. The van der Waals surface area contributed by atoms with Gasteiger partial charge in [-0.3, -0.25) is 0 Å². The summed E-state index contributed by atoms with van der Waals surface area (Å²) in [5.41, 5.74) is 0.501. The van der Waals surface area contributed by atoms with Gasteiger partial charge in [-0.25, -0.2) is 9.59 Å². The van der Waals surface area contributed by atoms with E-state index < -0.39 is 18.0 Å². The molecule has 0 saturated carbocycles. The summed E-state index contributed by atoms with van der Waals surface area (Å²) in [6.07, 6.45) is 0. The maximum Gasteiger partial charge on any atom is 0.330 e. The third-order valence-electron chi connectivity index (χ3n) is 2.87. The highest BCUT2D eigenvalue weighted by Gasteiger charge is 2.25. The molecular weight excluding hydrogens is 260 g/mol. The van der Waals surface area contributed by atoms with Crippen molar-refractivity contribution in [3.63, 3.8) is 0 Å². The Balaban J connectivity index is 2.86. The summed E-state index contributed by atoms with van der Waals surface area (Å²) in [6, 6.07) is 6.74. The number of urea groups is 1. The fraction of sp³-hybridized carbons (Fsp3) is 0.429. The average molecular weight is 280 g/mol. The van der Waals surface area contributed by atoms with Crippen LogP contribution in [0.25, 0.3) is 0 Å². The van der Waals surface area contributed by atoms with E-state index in [2.05, 4.69) is 5.32 Å². The Morgan fingerprint density at radius 2 is 1.85 bits per heavy atom. The molecule has 0 heterocycles. The van der Waals surface area contributed by atoms with Crippen LogP contribution >= 0.6 is 0 Å².